The Kier molecular flexibility index (Phi) is 4.44. The largest absolute Gasteiger partial charge is 0.468 e. The van der Waals surface area contributed by atoms with E-state index < -0.39 is 0 Å². The van der Waals surface area contributed by atoms with Gasteiger partial charge in [-0.1, -0.05) is 12.1 Å². The Morgan fingerprint density at radius 3 is 2.72 bits per heavy atom. The Labute approximate surface area is 110 Å². The van der Waals surface area contributed by atoms with Crippen molar-refractivity contribution in [3.63, 3.8) is 0 Å². The Balaban J connectivity index is 0.00000162. The highest BCUT2D eigenvalue weighted by Crippen LogP contribution is 2.10. The third kappa shape index (κ3) is 2.51. The third-order valence-electron chi connectivity index (χ3n) is 2.59. The molecule has 18 heavy (non-hydrogen) atoms. The Hall–Kier alpha value is -1.88. The van der Waals surface area contributed by atoms with Crippen LogP contribution in [0.3, 0.4) is 0 Å². The van der Waals surface area contributed by atoms with Gasteiger partial charge in [-0.3, -0.25) is 9.59 Å². The molecule has 0 bridgehead atoms. The predicted octanol–water partition coefficient (Wildman–Crippen LogP) is 1.30. The Morgan fingerprint density at radius 2 is 2.06 bits per heavy atom. The van der Waals surface area contributed by atoms with Crippen LogP contribution in [0.4, 0.5) is 0 Å². The molecule has 0 unspecified atom stereocenters. The van der Waals surface area contributed by atoms with Crippen molar-refractivity contribution in [3.8, 4) is 0 Å². The number of ether oxygens (including phenoxy) is 1. The number of carbonyl (C=O) groups is 1. The summed E-state index contributed by atoms with van der Waals surface area (Å²) in [5.41, 5.74) is 0.412. The number of aryl methyl sites for hydroxylation is 1. The molecule has 2 rings (SSSR count). The summed E-state index contributed by atoms with van der Waals surface area (Å²) in [6.07, 6.45) is 0. The molecule has 6 heteroatoms. The quantitative estimate of drug-likeness (QED) is 0.771. The van der Waals surface area contributed by atoms with Crippen molar-refractivity contribution >= 4 is 29.3 Å². The van der Waals surface area contributed by atoms with Gasteiger partial charge in [-0.25, -0.2) is 0 Å². The van der Waals surface area contributed by atoms with Crippen LogP contribution in [-0.4, -0.2) is 22.6 Å². The number of para-hydroxylation sites is 1. The minimum Gasteiger partial charge on any atom is -0.468 e. The number of benzene rings is 1. The highest BCUT2D eigenvalue weighted by atomic mass is 35.5. The topological polar surface area (TPSA) is 61.2 Å². The lowest BCUT2D eigenvalue weighted by Gasteiger charge is -2.11. The smallest absolute Gasteiger partial charge is 0.325 e. The number of hydrogen-bond donors (Lipinski definition) is 0. The van der Waals surface area contributed by atoms with E-state index in [-0.39, 0.29) is 30.5 Å². The second kappa shape index (κ2) is 5.64. The molecule has 5 nitrogen and oxygen atoms in total. The van der Waals surface area contributed by atoms with Crippen molar-refractivity contribution in [2.24, 2.45) is 0 Å². The van der Waals surface area contributed by atoms with E-state index in [0.29, 0.717) is 16.7 Å². The maximum absolute atomic E-state index is 11.7. The first-order valence-electron chi connectivity index (χ1n) is 5.16. The van der Waals surface area contributed by atoms with Crippen LogP contribution < -0.4 is 5.56 Å². The molecule has 0 amide bonds. The average molecular weight is 269 g/mol. The van der Waals surface area contributed by atoms with Crippen molar-refractivity contribution in [1.82, 2.24) is 9.55 Å². The summed E-state index contributed by atoms with van der Waals surface area (Å²) < 4.78 is 6.29. The zero-order valence-electron chi connectivity index (χ0n) is 10.0. The highest BCUT2D eigenvalue weighted by Gasteiger charge is 2.10. The molecular formula is C12H13ClN2O3. The van der Waals surface area contributed by atoms with Gasteiger partial charge in [0.05, 0.1) is 18.0 Å². The van der Waals surface area contributed by atoms with Crippen LogP contribution in [0.5, 0.6) is 0 Å². The Morgan fingerprint density at radius 1 is 1.39 bits per heavy atom. The van der Waals surface area contributed by atoms with Crippen molar-refractivity contribution in [2.75, 3.05) is 7.11 Å². The van der Waals surface area contributed by atoms with E-state index >= 15 is 0 Å². The van der Waals surface area contributed by atoms with Gasteiger partial charge in [-0.2, -0.15) is 4.98 Å². The zero-order valence-corrected chi connectivity index (χ0v) is 10.9. The molecule has 1 aromatic heterocycles. The standard InChI is InChI=1S/C12H12N2O3.ClH/c1-8-13-12(16)9-5-3-4-6-10(9)14(8)7-11(15)17-2;/h3-6H,7H2,1-2H3;1H. The van der Waals surface area contributed by atoms with Crippen LogP contribution in [0.25, 0.3) is 10.9 Å². The fraction of sp³-hybridized carbons (Fsp3) is 0.250. The fourth-order valence-corrected chi connectivity index (χ4v) is 1.72. The van der Waals surface area contributed by atoms with E-state index in [0.717, 1.165) is 0 Å². The molecule has 0 aliphatic heterocycles. The van der Waals surface area contributed by atoms with E-state index in [1.807, 2.05) is 6.07 Å². The van der Waals surface area contributed by atoms with E-state index in [9.17, 15) is 9.59 Å². The van der Waals surface area contributed by atoms with Gasteiger partial charge in [0, 0.05) is 0 Å². The molecule has 96 valence electrons. The molecular weight excluding hydrogens is 256 g/mol. The molecule has 0 aliphatic carbocycles. The summed E-state index contributed by atoms with van der Waals surface area (Å²) in [5.74, 6) is 0.128. The summed E-state index contributed by atoms with van der Waals surface area (Å²) in [6, 6.07) is 7.06. The van der Waals surface area contributed by atoms with Gasteiger partial charge in [0.15, 0.2) is 0 Å². The number of methoxy groups -OCH3 is 1. The minimum atomic E-state index is -0.372. The predicted molar refractivity (Wildman–Crippen MR) is 70.0 cm³/mol. The lowest BCUT2D eigenvalue weighted by molar-refractivity contribution is -0.141. The molecule has 2 aromatic rings. The van der Waals surface area contributed by atoms with Crippen molar-refractivity contribution in [2.45, 2.75) is 13.5 Å². The van der Waals surface area contributed by atoms with Crippen molar-refractivity contribution in [3.05, 3.63) is 40.4 Å². The summed E-state index contributed by atoms with van der Waals surface area (Å²) >= 11 is 0. The number of hydrogen-bond acceptors (Lipinski definition) is 4. The number of esters is 1. The number of aromatic nitrogens is 2. The first-order chi connectivity index (χ1) is 8.13. The zero-order chi connectivity index (χ0) is 12.4. The molecule has 0 radical (unpaired) electrons. The van der Waals surface area contributed by atoms with E-state index in [1.54, 1.807) is 29.7 Å². The van der Waals surface area contributed by atoms with Gasteiger partial charge in [0.2, 0.25) is 0 Å². The molecule has 0 saturated heterocycles. The van der Waals surface area contributed by atoms with E-state index in [2.05, 4.69) is 9.72 Å². The number of rotatable bonds is 2. The second-order valence-electron chi connectivity index (χ2n) is 3.64. The lowest BCUT2D eigenvalue weighted by Crippen LogP contribution is -2.20. The number of fused-ring (bicyclic) bond motifs is 1. The maximum atomic E-state index is 11.7. The third-order valence-corrected chi connectivity index (χ3v) is 2.59. The molecule has 0 aliphatic rings. The minimum absolute atomic E-state index is 0. The fourth-order valence-electron chi connectivity index (χ4n) is 1.72. The van der Waals surface area contributed by atoms with E-state index in [1.165, 1.54) is 7.11 Å². The van der Waals surface area contributed by atoms with Crippen molar-refractivity contribution < 1.29 is 9.53 Å². The number of nitrogens with zero attached hydrogens (tertiary/aromatic N) is 2. The molecule has 0 N–H and O–H groups in total. The van der Waals surface area contributed by atoms with Crippen LogP contribution in [0.2, 0.25) is 0 Å². The van der Waals surface area contributed by atoms with Crippen LogP contribution >= 0.6 is 12.4 Å². The lowest BCUT2D eigenvalue weighted by atomic mass is 10.2. The molecule has 0 spiro atoms. The van der Waals surface area contributed by atoms with Gasteiger partial charge in [0.25, 0.3) is 5.56 Å². The molecule has 0 saturated carbocycles. The van der Waals surface area contributed by atoms with E-state index in [4.69, 9.17) is 0 Å². The normalized spacial score (nSPS) is 9.89. The first-order valence-corrected chi connectivity index (χ1v) is 5.16. The molecule has 0 atom stereocenters. The summed E-state index contributed by atoms with van der Waals surface area (Å²) in [5, 5.41) is 0.502. The van der Waals surface area contributed by atoms with Crippen LogP contribution in [-0.2, 0) is 16.1 Å². The SMILES string of the molecule is COC(=O)Cn1c(C)nc(=O)c2ccccc21.Cl. The summed E-state index contributed by atoms with van der Waals surface area (Å²) in [7, 11) is 1.33. The van der Waals surface area contributed by atoms with Gasteiger partial charge in [-0.15, -0.1) is 12.4 Å². The van der Waals surface area contributed by atoms with Gasteiger partial charge in [0.1, 0.15) is 12.4 Å². The maximum Gasteiger partial charge on any atom is 0.325 e. The van der Waals surface area contributed by atoms with Gasteiger partial charge >= 0.3 is 5.97 Å². The Bertz CT molecular complexity index is 637. The van der Waals surface area contributed by atoms with Crippen LogP contribution in [0, 0.1) is 6.92 Å². The highest BCUT2D eigenvalue weighted by molar-refractivity contribution is 5.85. The summed E-state index contributed by atoms with van der Waals surface area (Å²) in [4.78, 5) is 26.9. The van der Waals surface area contributed by atoms with Crippen LogP contribution in [0.1, 0.15) is 5.82 Å². The second-order valence-corrected chi connectivity index (χ2v) is 3.64. The molecule has 0 fully saturated rings. The van der Waals surface area contributed by atoms with Gasteiger partial charge in [-0.05, 0) is 19.1 Å². The molecule has 1 heterocycles. The average Bonchev–Trinajstić information content (AvgIpc) is 2.34. The summed E-state index contributed by atoms with van der Waals surface area (Å²) in [6.45, 7) is 1.74. The first kappa shape index (κ1) is 14.2. The monoisotopic (exact) mass is 268 g/mol. The molecule has 1 aromatic carbocycles. The number of carbonyl (C=O) groups excluding carboxylic acids is 1. The van der Waals surface area contributed by atoms with Crippen molar-refractivity contribution in [1.29, 1.82) is 0 Å². The number of halogens is 1. The van der Waals surface area contributed by atoms with Gasteiger partial charge < -0.3 is 9.30 Å². The van der Waals surface area contributed by atoms with Crippen LogP contribution in [0.15, 0.2) is 29.1 Å².